The first-order chi connectivity index (χ1) is 9.06. The molecule has 3 N–H and O–H groups in total. The molecule has 1 atom stereocenters. The molecule has 1 rings (SSSR count). The molecule has 1 unspecified atom stereocenters. The Labute approximate surface area is 115 Å². The maximum Gasteiger partial charge on any atom is 0.288 e. The van der Waals surface area contributed by atoms with Crippen molar-refractivity contribution >= 4 is 23.4 Å². The molecule has 0 saturated heterocycles. The number of thioether (sulfide) groups is 1. The van der Waals surface area contributed by atoms with Crippen LogP contribution in [0, 0.1) is 5.92 Å². The van der Waals surface area contributed by atoms with E-state index in [9.17, 15) is 13.6 Å². The molecule has 0 radical (unpaired) electrons. The fourth-order valence-corrected chi connectivity index (χ4v) is 2.22. The summed E-state index contributed by atoms with van der Waals surface area (Å²) in [6.45, 7) is 2.41. The fraction of sp³-hybridized carbons (Fsp3) is 0.462. The molecule has 106 valence electrons. The second-order valence-corrected chi connectivity index (χ2v) is 5.17. The third-order valence-corrected chi connectivity index (χ3v) is 3.55. The zero-order valence-corrected chi connectivity index (χ0v) is 11.6. The Kier molecular flexibility index (Phi) is 6.80. The molecule has 0 bridgehead atoms. The van der Waals surface area contributed by atoms with Gasteiger partial charge in [0.25, 0.3) is 5.76 Å². The van der Waals surface area contributed by atoms with Crippen molar-refractivity contribution < 1.29 is 13.6 Å². The van der Waals surface area contributed by atoms with E-state index in [4.69, 9.17) is 5.73 Å². The van der Waals surface area contributed by atoms with Crippen LogP contribution in [0.2, 0.25) is 0 Å². The predicted molar refractivity (Wildman–Crippen MR) is 74.4 cm³/mol. The van der Waals surface area contributed by atoms with Crippen LogP contribution in [-0.4, -0.2) is 18.2 Å². The Morgan fingerprint density at radius 2 is 2.11 bits per heavy atom. The first-order valence-corrected chi connectivity index (χ1v) is 6.98. The fourth-order valence-electron chi connectivity index (χ4n) is 1.63. The zero-order chi connectivity index (χ0) is 14.3. The highest BCUT2D eigenvalue weighted by atomic mass is 32.2. The average Bonchev–Trinajstić information content (AvgIpc) is 2.37. The lowest BCUT2D eigenvalue weighted by Gasteiger charge is -2.14. The van der Waals surface area contributed by atoms with Crippen molar-refractivity contribution in [2.75, 3.05) is 11.9 Å². The summed E-state index contributed by atoms with van der Waals surface area (Å²) in [5.41, 5.74) is 5.96. The number of carbonyl (C=O) groups excluding carboxylic acids is 1. The van der Waals surface area contributed by atoms with E-state index < -0.39 is 5.76 Å². The summed E-state index contributed by atoms with van der Waals surface area (Å²) < 4.78 is 24.8. The van der Waals surface area contributed by atoms with Gasteiger partial charge in [-0.25, -0.2) is 0 Å². The summed E-state index contributed by atoms with van der Waals surface area (Å²) in [6.07, 6.45) is 1.12. The Bertz CT molecular complexity index is 411. The van der Waals surface area contributed by atoms with Crippen LogP contribution in [0.3, 0.4) is 0 Å². The Balaban J connectivity index is 2.68. The maximum atomic E-state index is 12.4. The molecule has 0 fully saturated rings. The molecule has 3 nitrogen and oxygen atoms in total. The lowest BCUT2D eigenvalue weighted by atomic mass is 10.0. The van der Waals surface area contributed by atoms with Crippen LogP contribution in [0.1, 0.15) is 19.8 Å². The second-order valence-electron chi connectivity index (χ2n) is 4.14. The minimum atomic E-state index is -2.51. The van der Waals surface area contributed by atoms with Crippen molar-refractivity contribution in [2.45, 2.75) is 30.4 Å². The van der Waals surface area contributed by atoms with Gasteiger partial charge in [-0.15, -0.1) is 0 Å². The number of rotatable bonds is 7. The van der Waals surface area contributed by atoms with Crippen LogP contribution >= 0.6 is 11.8 Å². The molecular formula is C13H18F2N2OS. The maximum absolute atomic E-state index is 12.4. The number of halogens is 2. The van der Waals surface area contributed by atoms with Crippen LogP contribution in [-0.2, 0) is 4.79 Å². The number of amides is 1. The van der Waals surface area contributed by atoms with Gasteiger partial charge >= 0.3 is 0 Å². The first-order valence-electron chi connectivity index (χ1n) is 6.10. The molecule has 0 aromatic heterocycles. The highest BCUT2D eigenvalue weighted by molar-refractivity contribution is 7.99. The molecule has 0 spiro atoms. The van der Waals surface area contributed by atoms with Gasteiger partial charge in [0.15, 0.2) is 0 Å². The molecular weight excluding hydrogens is 270 g/mol. The van der Waals surface area contributed by atoms with Crippen molar-refractivity contribution in [1.82, 2.24) is 0 Å². The van der Waals surface area contributed by atoms with Crippen molar-refractivity contribution in [2.24, 2.45) is 11.7 Å². The van der Waals surface area contributed by atoms with Gasteiger partial charge in [-0.1, -0.05) is 37.2 Å². The number of benzene rings is 1. The van der Waals surface area contributed by atoms with Crippen LogP contribution in [0.5, 0.6) is 0 Å². The van der Waals surface area contributed by atoms with Gasteiger partial charge in [-0.3, -0.25) is 4.79 Å². The smallest absolute Gasteiger partial charge is 0.288 e. The first kappa shape index (κ1) is 15.9. The summed E-state index contributed by atoms with van der Waals surface area (Å²) in [6, 6.07) is 6.54. The van der Waals surface area contributed by atoms with E-state index in [-0.39, 0.29) is 11.8 Å². The van der Waals surface area contributed by atoms with E-state index >= 15 is 0 Å². The summed E-state index contributed by atoms with van der Waals surface area (Å²) in [5.74, 6) is -2.58. The van der Waals surface area contributed by atoms with Gasteiger partial charge < -0.3 is 11.1 Å². The average molecular weight is 288 g/mol. The standard InChI is InChI=1S/C13H18F2N2OS/c1-2-9(8-16)7-12(18)17-10-5-3-4-6-11(10)19-13(14)15/h3-6,9,13H,2,7-8,16H2,1H3,(H,17,18). The van der Waals surface area contributed by atoms with Crippen molar-refractivity contribution in [3.63, 3.8) is 0 Å². The molecule has 1 amide bonds. The third-order valence-electron chi connectivity index (χ3n) is 2.76. The molecule has 0 saturated carbocycles. The number of alkyl halides is 2. The minimum Gasteiger partial charge on any atom is -0.330 e. The van der Waals surface area contributed by atoms with Gasteiger partial charge in [0.1, 0.15) is 0 Å². The van der Waals surface area contributed by atoms with Crippen LogP contribution in [0.25, 0.3) is 0 Å². The number of carbonyl (C=O) groups is 1. The normalized spacial score (nSPS) is 12.5. The van der Waals surface area contributed by atoms with Crippen molar-refractivity contribution in [3.05, 3.63) is 24.3 Å². The molecule has 1 aromatic carbocycles. The number of para-hydroxylation sites is 1. The predicted octanol–water partition coefficient (Wildman–Crippen LogP) is 3.31. The second kappa shape index (κ2) is 8.12. The number of nitrogens with one attached hydrogen (secondary N) is 1. The molecule has 19 heavy (non-hydrogen) atoms. The summed E-state index contributed by atoms with van der Waals surface area (Å²) in [7, 11) is 0. The SMILES string of the molecule is CCC(CN)CC(=O)Nc1ccccc1SC(F)F. The Morgan fingerprint density at radius 1 is 1.42 bits per heavy atom. The van der Waals surface area contributed by atoms with Crippen LogP contribution in [0.15, 0.2) is 29.2 Å². The van der Waals surface area contributed by atoms with Gasteiger partial charge in [-0.2, -0.15) is 8.78 Å². The largest absolute Gasteiger partial charge is 0.330 e. The van der Waals surface area contributed by atoms with E-state index in [2.05, 4.69) is 5.32 Å². The molecule has 0 heterocycles. The highest BCUT2D eigenvalue weighted by Crippen LogP contribution is 2.31. The van der Waals surface area contributed by atoms with Crippen LogP contribution < -0.4 is 11.1 Å². The summed E-state index contributed by atoms with van der Waals surface area (Å²) in [5, 5.41) is 2.67. The van der Waals surface area contributed by atoms with Crippen molar-refractivity contribution in [3.8, 4) is 0 Å². The lowest BCUT2D eigenvalue weighted by molar-refractivity contribution is -0.117. The minimum absolute atomic E-state index is 0.120. The number of hydrogen-bond donors (Lipinski definition) is 2. The zero-order valence-electron chi connectivity index (χ0n) is 10.7. The number of hydrogen-bond acceptors (Lipinski definition) is 3. The molecule has 0 aliphatic heterocycles. The van der Waals surface area contributed by atoms with E-state index in [1.54, 1.807) is 24.3 Å². The molecule has 1 aromatic rings. The molecule has 6 heteroatoms. The Morgan fingerprint density at radius 3 is 2.68 bits per heavy atom. The van der Waals surface area contributed by atoms with Gasteiger partial charge in [0.05, 0.1) is 5.69 Å². The topological polar surface area (TPSA) is 55.1 Å². The quantitative estimate of drug-likeness (QED) is 0.757. The molecule has 0 aliphatic rings. The summed E-state index contributed by atoms with van der Waals surface area (Å²) >= 11 is 0.425. The molecule has 0 aliphatic carbocycles. The van der Waals surface area contributed by atoms with Gasteiger partial charge in [0.2, 0.25) is 5.91 Å². The van der Waals surface area contributed by atoms with Gasteiger partial charge in [0, 0.05) is 11.3 Å². The van der Waals surface area contributed by atoms with Gasteiger partial charge in [-0.05, 0) is 24.6 Å². The lowest BCUT2D eigenvalue weighted by Crippen LogP contribution is -2.21. The van der Waals surface area contributed by atoms with E-state index in [0.29, 0.717) is 35.3 Å². The monoisotopic (exact) mass is 288 g/mol. The number of anilines is 1. The van der Waals surface area contributed by atoms with Crippen molar-refractivity contribution in [1.29, 1.82) is 0 Å². The van der Waals surface area contributed by atoms with E-state index in [1.807, 2.05) is 6.92 Å². The number of nitrogens with two attached hydrogens (primary N) is 1. The highest BCUT2D eigenvalue weighted by Gasteiger charge is 2.14. The van der Waals surface area contributed by atoms with Crippen LogP contribution in [0.4, 0.5) is 14.5 Å². The van der Waals surface area contributed by atoms with E-state index in [1.165, 1.54) is 0 Å². The Hall–Kier alpha value is -1.14. The van der Waals surface area contributed by atoms with E-state index in [0.717, 1.165) is 6.42 Å². The third kappa shape index (κ3) is 5.57. The summed E-state index contributed by atoms with van der Waals surface area (Å²) in [4.78, 5) is 12.2.